The van der Waals surface area contributed by atoms with Gasteiger partial charge >= 0.3 is 12.2 Å². The van der Waals surface area contributed by atoms with E-state index in [4.69, 9.17) is 4.74 Å². The molecule has 48 heavy (non-hydrogen) atoms. The molecule has 1 atom stereocenters. The minimum Gasteiger partial charge on any atom is -0.435 e. The summed E-state index contributed by atoms with van der Waals surface area (Å²) in [6, 6.07) is 6.93. The number of anilines is 1. The Bertz CT molecular complexity index is 1820. The van der Waals surface area contributed by atoms with Crippen LogP contribution < -0.4 is 10.1 Å². The van der Waals surface area contributed by atoms with Crippen LogP contribution in [0.25, 0.3) is 5.52 Å². The Morgan fingerprint density at radius 2 is 1.85 bits per heavy atom. The van der Waals surface area contributed by atoms with E-state index in [-0.39, 0.29) is 42.0 Å². The minimum absolute atomic E-state index is 0.0793. The van der Waals surface area contributed by atoms with E-state index < -0.39 is 17.8 Å². The monoisotopic (exact) mass is 665 g/mol. The number of carbonyl (C=O) groups excluding carboxylic acids is 2. The lowest BCUT2D eigenvalue weighted by molar-refractivity contribution is -0.138. The van der Waals surface area contributed by atoms with Gasteiger partial charge in [0.05, 0.1) is 23.0 Å². The first-order valence-corrected chi connectivity index (χ1v) is 15.8. The van der Waals surface area contributed by atoms with Crippen LogP contribution in [0.1, 0.15) is 52.0 Å². The molecule has 4 aromatic rings. The van der Waals surface area contributed by atoms with E-state index in [1.807, 2.05) is 18.9 Å². The van der Waals surface area contributed by atoms with Crippen LogP contribution in [-0.2, 0) is 19.3 Å². The number of hydrogen-bond donors (Lipinski definition) is 1. The topological polar surface area (TPSA) is 111 Å². The summed E-state index contributed by atoms with van der Waals surface area (Å²) >= 11 is 0. The smallest absolute Gasteiger partial charge is 0.416 e. The van der Waals surface area contributed by atoms with E-state index in [0.29, 0.717) is 42.9 Å². The highest BCUT2D eigenvalue weighted by Gasteiger charge is 2.35. The fourth-order valence-electron chi connectivity index (χ4n) is 6.13. The quantitative estimate of drug-likeness (QED) is 0.296. The van der Waals surface area contributed by atoms with Crippen LogP contribution in [0.4, 0.5) is 23.7 Å². The normalized spacial score (nSPS) is 17.3. The second-order valence-electron chi connectivity index (χ2n) is 12.5. The van der Waals surface area contributed by atoms with Gasteiger partial charge in [-0.05, 0) is 48.9 Å². The lowest BCUT2D eigenvalue weighted by Crippen LogP contribution is -2.44. The molecule has 1 saturated heterocycles. The summed E-state index contributed by atoms with van der Waals surface area (Å²) in [4.78, 5) is 42.1. The Morgan fingerprint density at radius 1 is 1.08 bits per heavy atom. The molecule has 15 heteroatoms. The molecule has 0 radical (unpaired) electrons. The number of likely N-dealkylation sites (N-methyl/N-ethyl adjacent to an activating group) is 1. The molecular weight excluding hydrogens is 627 g/mol. The van der Waals surface area contributed by atoms with E-state index in [1.165, 1.54) is 27.9 Å². The summed E-state index contributed by atoms with van der Waals surface area (Å²) in [5.41, 5.74) is 2.01. The molecule has 6 rings (SSSR count). The molecule has 1 fully saturated rings. The molecule has 3 amide bonds. The number of pyridine rings is 1. The van der Waals surface area contributed by atoms with Gasteiger partial charge in [-0.3, -0.25) is 14.7 Å². The fraction of sp³-hybridized carbons (Fsp3) is 0.424. The molecular formula is C33H38F3N9O3. The van der Waals surface area contributed by atoms with Gasteiger partial charge in [0.25, 0.3) is 5.91 Å². The number of fused-ring (bicyclic) bond motifs is 2. The minimum atomic E-state index is -4.57. The van der Waals surface area contributed by atoms with Crippen LogP contribution in [0, 0.1) is 0 Å². The zero-order chi connectivity index (χ0) is 34.2. The predicted molar refractivity (Wildman–Crippen MR) is 172 cm³/mol. The third kappa shape index (κ3) is 7.06. The van der Waals surface area contributed by atoms with Crippen molar-refractivity contribution in [2.75, 3.05) is 59.2 Å². The first-order chi connectivity index (χ1) is 22.9. The average molecular weight is 666 g/mol. The van der Waals surface area contributed by atoms with Crippen molar-refractivity contribution in [1.82, 2.24) is 39.2 Å². The molecule has 2 aliphatic heterocycles. The number of halogens is 3. The van der Waals surface area contributed by atoms with Crippen molar-refractivity contribution in [3.8, 4) is 11.6 Å². The summed E-state index contributed by atoms with van der Waals surface area (Å²) in [7, 11) is 5.31. The van der Waals surface area contributed by atoms with Gasteiger partial charge in [0.15, 0.2) is 0 Å². The summed E-state index contributed by atoms with van der Waals surface area (Å²) in [6.07, 6.45) is 0.635. The summed E-state index contributed by atoms with van der Waals surface area (Å²) < 4.78 is 50.1. The average Bonchev–Trinajstić information content (AvgIpc) is 3.50. The van der Waals surface area contributed by atoms with Crippen molar-refractivity contribution in [2.24, 2.45) is 0 Å². The van der Waals surface area contributed by atoms with E-state index in [1.54, 1.807) is 43.5 Å². The van der Waals surface area contributed by atoms with Gasteiger partial charge in [-0.1, -0.05) is 13.0 Å². The first kappa shape index (κ1) is 33.2. The Hall–Kier alpha value is -4.76. The van der Waals surface area contributed by atoms with Gasteiger partial charge in [-0.2, -0.15) is 23.3 Å². The SMILES string of the molecule is CC[C@H]1CN(C(=O)Nc2ccc(CN3CCN(C)CC3)c(C(F)(F)F)c2)Cc2cc(Oc3ncnn4cc(C(=O)N(C)C)cc34)cnc21. The van der Waals surface area contributed by atoms with E-state index in [9.17, 15) is 22.8 Å². The van der Waals surface area contributed by atoms with Gasteiger partial charge in [-0.15, -0.1) is 0 Å². The Labute approximate surface area is 276 Å². The lowest BCUT2D eigenvalue weighted by atomic mass is 9.92. The zero-order valence-electron chi connectivity index (χ0n) is 27.3. The van der Waals surface area contributed by atoms with Crippen LogP contribution in [0.15, 0.2) is 49.1 Å². The van der Waals surface area contributed by atoms with Crippen LogP contribution in [0.2, 0.25) is 0 Å². The highest BCUT2D eigenvalue weighted by molar-refractivity contribution is 5.95. The molecule has 0 spiro atoms. The van der Waals surface area contributed by atoms with E-state index >= 15 is 0 Å². The van der Waals surface area contributed by atoms with Crippen molar-refractivity contribution >= 4 is 23.1 Å². The van der Waals surface area contributed by atoms with Crippen molar-refractivity contribution in [3.05, 3.63) is 77.0 Å². The number of hydrogen-bond acceptors (Lipinski definition) is 8. The number of nitrogens with zero attached hydrogens (tertiary/aromatic N) is 8. The predicted octanol–water partition coefficient (Wildman–Crippen LogP) is 4.93. The van der Waals surface area contributed by atoms with Gasteiger partial charge < -0.3 is 24.8 Å². The number of aromatic nitrogens is 4. The summed E-state index contributed by atoms with van der Waals surface area (Å²) in [6.45, 7) is 5.71. The molecule has 5 heterocycles. The number of amides is 3. The molecule has 0 aliphatic carbocycles. The summed E-state index contributed by atoms with van der Waals surface area (Å²) in [5, 5.41) is 6.87. The number of piperazine rings is 1. The van der Waals surface area contributed by atoms with Crippen molar-refractivity contribution in [3.63, 3.8) is 0 Å². The fourth-order valence-corrected chi connectivity index (χ4v) is 6.13. The molecule has 1 aromatic carbocycles. The summed E-state index contributed by atoms with van der Waals surface area (Å²) in [5.74, 6) is 0.320. The molecule has 2 aliphatic rings. The highest BCUT2D eigenvalue weighted by atomic mass is 19.4. The molecule has 12 nitrogen and oxygen atoms in total. The van der Waals surface area contributed by atoms with Gasteiger partial charge in [0, 0.05) is 77.7 Å². The molecule has 254 valence electrons. The second-order valence-corrected chi connectivity index (χ2v) is 12.5. The van der Waals surface area contributed by atoms with E-state index in [2.05, 4.69) is 25.3 Å². The number of alkyl halides is 3. The van der Waals surface area contributed by atoms with Crippen molar-refractivity contribution in [1.29, 1.82) is 0 Å². The van der Waals surface area contributed by atoms with E-state index in [0.717, 1.165) is 30.4 Å². The van der Waals surface area contributed by atoms with Gasteiger partial charge in [-0.25, -0.2) is 9.31 Å². The molecule has 1 N–H and O–H groups in total. The number of nitrogens with one attached hydrogen (secondary N) is 1. The first-order valence-electron chi connectivity index (χ1n) is 15.8. The maximum atomic E-state index is 14.2. The zero-order valence-corrected chi connectivity index (χ0v) is 27.3. The second kappa shape index (κ2) is 13.4. The number of rotatable bonds is 7. The number of carbonyl (C=O) groups is 2. The van der Waals surface area contributed by atoms with Crippen LogP contribution >= 0.6 is 0 Å². The number of benzene rings is 1. The van der Waals surface area contributed by atoms with Crippen LogP contribution in [0.5, 0.6) is 11.6 Å². The van der Waals surface area contributed by atoms with Crippen molar-refractivity contribution in [2.45, 2.75) is 38.5 Å². The maximum absolute atomic E-state index is 14.2. The maximum Gasteiger partial charge on any atom is 0.416 e. The highest BCUT2D eigenvalue weighted by Crippen LogP contribution is 2.36. The molecule has 0 bridgehead atoms. The van der Waals surface area contributed by atoms with Crippen LogP contribution in [0.3, 0.4) is 0 Å². The molecule has 0 saturated carbocycles. The molecule has 3 aromatic heterocycles. The Morgan fingerprint density at radius 3 is 2.56 bits per heavy atom. The van der Waals surface area contributed by atoms with Gasteiger partial charge in [0.1, 0.15) is 17.6 Å². The molecule has 0 unspecified atom stereocenters. The Kier molecular flexibility index (Phi) is 9.25. The Balaban J connectivity index is 1.19. The van der Waals surface area contributed by atoms with Crippen molar-refractivity contribution < 1.29 is 27.5 Å². The standard InChI is InChI=1S/C33H38F3N9O3/c1-5-21-17-44(32(47)40-25-7-6-22(27(14-25)33(34,35)36)16-43-10-8-42(4)9-11-43)18-23-12-26(15-37-29(21)23)48-30-28-13-24(31(46)41(2)3)19-45(28)39-20-38-30/h6-7,12-15,19-21H,5,8-11,16-18H2,1-4H3,(H,40,47)/t21-/m0/s1. The third-order valence-electron chi connectivity index (χ3n) is 8.84. The third-order valence-corrected chi connectivity index (χ3v) is 8.84. The number of ether oxygens (including phenoxy) is 1. The van der Waals surface area contributed by atoms with Gasteiger partial charge in [0.2, 0.25) is 5.88 Å². The lowest BCUT2D eigenvalue weighted by Gasteiger charge is -2.34. The largest absolute Gasteiger partial charge is 0.435 e. The number of urea groups is 1. The van der Waals surface area contributed by atoms with Crippen LogP contribution in [-0.4, -0.2) is 105 Å².